The molecule has 94 valence electrons. The zero-order chi connectivity index (χ0) is 12.4. The number of carbonyl (C=O) groups is 1. The highest BCUT2D eigenvalue weighted by Crippen LogP contribution is 2.21. The number of aromatic nitrogens is 1. The van der Waals surface area contributed by atoms with Crippen molar-refractivity contribution in [2.24, 2.45) is 0 Å². The Morgan fingerprint density at radius 1 is 1.53 bits per heavy atom. The third-order valence-electron chi connectivity index (χ3n) is 3.14. The van der Waals surface area contributed by atoms with E-state index in [9.17, 15) is 9.90 Å². The van der Waals surface area contributed by atoms with Crippen LogP contribution in [0.2, 0.25) is 0 Å². The Bertz CT molecular complexity index is 385. The molecule has 0 aromatic carbocycles. The summed E-state index contributed by atoms with van der Waals surface area (Å²) in [6.45, 7) is 3.77. The van der Waals surface area contributed by atoms with Crippen molar-refractivity contribution in [1.29, 1.82) is 0 Å². The largest absolute Gasteiger partial charge is 0.462 e. The van der Waals surface area contributed by atoms with Gasteiger partial charge < -0.3 is 14.4 Å². The van der Waals surface area contributed by atoms with Gasteiger partial charge in [0.05, 0.1) is 18.2 Å². The Kier molecular flexibility index (Phi) is 3.47. The molecule has 17 heavy (non-hydrogen) atoms. The van der Waals surface area contributed by atoms with E-state index in [1.165, 1.54) is 0 Å². The Balaban J connectivity index is 1.76. The number of hydrogen-bond acceptors (Lipinski definition) is 5. The predicted molar refractivity (Wildman–Crippen MR) is 59.4 cm³/mol. The van der Waals surface area contributed by atoms with Gasteiger partial charge in [0.25, 0.3) is 0 Å². The third-order valence-corrected chi connectivity index (χ3v) is 3.14. The molecule has 1 aliphatic rings. The van der Waals surface area contributed by atoms with Crippen molar-refractivity contribution in [2.75, 3.05) is 0 Å². The van der Waals surface area contributed by atoms with Crippen LogP contribution in [0.5, 0.6) is 0 Å². The van der Waals surface area contributed by atoms with Gasteiger partial charge in [0.2, 0.25) is 0 Å². The van der Waals surface area contributed by atoms with Crippen LogP contribution in [0, 0.1) is 13.8 Å². The monoisotopic (exact) mass is 239 g/mol. The van der Waals surface area contributed by atoms with Crippen molar-refractivity contribution in [2.45, 2.75) is 51.7 Å². The second-order valence-electron chi connectivity index (χ2n) is 4.55. The maximum Gasteiger partial charge on any atom is 0.309 e. The van der Waals surface area contributed by atoms with Gasteiger partial charge in [-0.1, -0.05) is 5.16 Å². The first-order valence-electron chi connectivity index (χ1n) is 5.85. The summed E-state index contributed by atoms with van der Waals surface area (Å²) in [7, 11) is 0. The molecule has 0 aliphatic carbocycles. The van der Waals surface area contributed by atoms with Gasteiger partial charge >= 0.3 is 5.97 Å². The highest BCUT2D eigenvalue weighted by molar-refractivity contribution is 5.75. The molecule has 0 saturated carbocycles. The van der Waals surface area contributed by atoms with E-state index in [4.69, 9.17) is 9.26 Å². The summed E-state index contributed by atoms with van der Waals surface area (Å²) in [5, 5.41) is 13.7. The summed E-state index contributed by atoms with van der Waals surface area (Å²) in [4.78, 5) is 10.6. The maximum absolute atomic E-state index is 10.6. The number of aryl methyl sites for hydroxylation is 2. The molecule has 1 aliphatic heterocycles. The third kappa shape index (κ3) is 2.85. The number of rotatable bonds is 5. The van der Waals surface area contributed by atoms with Crippen LogP contribution in [-0.2, 0) is 16.0 Å². The van der Waals surface area contributed by atoms with Gasteiger partial charge in [-0.2, -0.15) is 0 Å². The molecule has 0 bridgehead atoms. The quantitative estimate of drug-likeness (QED) is 0.784. The van der Waals surface area contributed by atoms with Crippen LogP contribution in [0.15, 0.2) is 4.52 Å². The zero-order valence-corrected chi connectivity index (χ0v) is 10.1. The number of aliphatic hydroxyl groups is 1. The lowest BCUT2D eigenvalue weighted by atomic mass is 9.99. The summed E-state index contributed by atoms with van der Waals surface area (Å²) >= 11 is 0. The molecule has 0 amide bonds. The Labute approximate surface area is 99.7 Å². The van der Waals surface area contributed by atoms with E-state index in [-0.39, 0.29) is 12.1 Å². The van der Waals surface area contributed by atoms with Crippen molar-refractivity contribution in [3.8, 4) is 0 Å². The van der Waals surface area contributed by atoms with Gasteiger partial charge in [-0.15, -0.1) is 0 Å². The molecule has 1 saturated heterocycles. The molecule has 5 nitrogen and oxygen atoms in total. The minimum Gasteiger partial charge on any atom is -0.462 e. The van der Waals surface area contributed by atoms with Crippen molar-refractivity contribution >= 4 is 5.97 Å². The molecular weight excluding hydrogens is 222 g/mol. The Morgan fingerprint density at radius 3 is 2.76 bits per heavy atom. The van der Waals surface area contributed by atoms with Crippen LogP contribution in [-0.4, -0.2) is 28.4 Å². The highest BCUT2D eigenvalue weighted by atomic mass is 16.6. The van der Waals surface area contributed by atoms with E-state index in [2.05, 4.69) is 5.16 Å². The lowest BCUT2D eigenvalue weighted by molar-refractivity contribution is -0.171. The second kappa shape index (κ2) is 4.87. The molecule has 1 fully saturated rings. The van der Waals surface area contributed by atoms with Crippen molar-refractivity contribution in [3.63, 3.8) is 0 Å². The number of hydrogen-bond donors (Lipinski definition) is 1. The van der Waals surface area contributed by atoms with Gasteiger partial charge in [-0.05, 0) is 26.7 Å². The second-order valence-corrected chi connectivity index (χ2v) is 4.55. The van der Waals surface area contributed by atoms with Crippen molar-refractivity contribution in [1.82, 2.24) is 5.16 Å². The van der Waals surface area contributed by atoms with Crippen LogP contribution < -0.4 is 0 Å². The number of aliphatic hydroxyl groups excluding tert-OH is 1. The molecule has 5 heteroatoms. The zero-order valence-electron chi connectivity index (χ0n) is 10.1. The van der Waals surface area contributed by atoms with Crippen LogP contribution in [0.25, 0.3) is 0 Å². The molecule has 2 heterocycles. The van der Waals surface area contributed by atoms with E-state index < -0.39 is 6.10 Å². The average Bonchev–Trinajstić information content (AvgIpc) is 2.54. The molecule has 1 aromatic heterocycles. The SMILES string of the molecule is Cc1noc(C)c1CCC(O)CC1CC(=O)O1. The van der Waals surface area contributed by atoms with Gasteiger partial charge in [0.1, 0.15) is 11.9 Å². The lowest BCUT2D eigenvalue weighted by Gasteiger charge is -2.27. The summed E-state index contributed by atoms with van der Waals surface area (Å²) in [6, 6.07) is 0. The minimum atomic E-state index is -0.443. The highest BCUT2D eigenvalue weighted by Gasteiger charge is 2.30. The maximum atomic E-state index is 10.6. The van der Waals surface area contributed by atoms with Gasteiger partial charge in [-0.25, -0.2) is 0 Å². The number of nitrogens with zero attached hydrogens (tertiary/aromatic N) is 1. The first kappa shape index (κ1) is 12.1. The molecule has 0 spiro atoms. The normalized spacial score (nSPS) is 20.9. The Morgan fingerprint density at radius 2 is 2.24 bits per heavy atom. The number of carbonyl (C=O) groups excluding carboxylic acids is 1. The van der Waals surface area contributed by atoms with Crippen LogP contribution >= 0.6 is 0 Å². The number of ether oxygens (including phenoxy) is 1. The molecule has 0 radical (unpaired) electrons. The predicted octanol–water partition coefficient (Wildman–Crippen LogP) is 1.29. The van der Waals surface area contributed by atoms with Crippen molar-refractivity contribution in [3.05, 3.63) is 17.0 Å². The molecular formula is C12H17NO4. The van der Waals surface area contributed by atoms with Gasteiger partial charge in [0.15, 0.2) is 0 Å². The van der Waals surface area contributed by atoms with E-state index in [0.717, 1.165) is 23.4 Å². The van der Waals surface area contributed by atoms with E-state index >= 15 is 0 Å². The fraction of sp³-hybridized carbons (Fsp3) is 0.667. The fourth-order valence-corrected chi connectivity index (χ4v) is 2.08. The topological polar surface area (TPSA) is 72.6 Å². The first-order chi connectivity index (χ1) is 8.06. The minimum absolute atomic E-state index is 0.0952. The average molecular weight is 239 g/mol. The van der Waals surface area contributed by atoms with Crippen molar-refractivity contribution < 1.29 is 19.2 Å². The van der Waals surface area contributed by atoms with Crippen LogP contribution in [0.3, 0.4) is 0 Å². The lowest BCUT2D eigenvalue weighted by Crippen LogP contribution is -2.35. The van der Waals surface area contributed by atoms with E-state index in [1.807, 2.05) is 13.8 Å². The summed E-state index contributed by atoms with van der Waals surface area (Å²) < 4.78 is 9.92. The van der Waals surface area contributed by atoms with Crippen LogP contribution in [0.1, 0.15) is 36.3 Å². The summed E-state index contributed by atoms with van der Waals surface area (Å²) in [5.74, 6) is 0.637. The molecule has 2 unspecified atom stereocenters. The molecule has 1 N–H and O–H groups in total. The standard InChI is InChI=1S/C12H17NO4/c1-7-11(8(2)17-13-7)4-3-9(14)5-10-6-12(15)16-10/h9-10,14H,3-6H2,1-2H3. The van der Waals surface area contributed by atoms with Gasteiger partial charge in [0, 0.05) is 12.0 Å². The van der Waals surface area contributed by atoms with Gasteiger partial charge in [-0.3, -0.25) is 4.79 Å². The molecule has 2 rings (SSSR count). The fourth-order valence-electron chi connectivity index (χ4n) is 2.08. The molecule has 1 aromatic rings. The number of esters is 1. The smallest absolute Gasteiger partial charge is 0.309 e. The summed E-state index contributed by atoms with van der Waals surface area (Å²) in [5.41, 5.74) is 1.94. The van der Waals surface area contributed by atoms with Crippen LogP contribution in [0.4, 0.5) is 0 Å². The van der Waals surface area contributed by atoms with E-state index in [1.54, 1.807) is 0 Å². The first-order valence-corrected chi connectivity index (χ1v) is 5.85. The van der Waals surface area contributed by atoms with E-state index in [0.29, 0.717) is 19.3 Å². The Hall–Kier alpha value is -1.36. The summed E-state index contributed by atoms with van der Waals surface area (Å²) in [6.07, 6.45) is 1.79. The number of cyclic esters (lactones) is 1. The molecule has 2 atom stereocenters.